The fourth-order valence-corrected chi connectivity index (χ4v) is 1.66. The second-order valence-corrected chi connectivity index (χ2v) is 5.07. The predicted molar refractivity (Wildman–Crippen MR) is 65.1 cm³/mol. The van der Waals surface area contributed by atoms with E-state index in [1.165, 1.54) is 0 Å². The largest absolute Gasteiger partial charge is 0.393 e. The van der Waals surface area contributed by atoms with Crippen LogP contribution >= 0.6 is 15.9 Å². The van der Waals surface area contributed by atoms with Crippen molar-refractivity contribution in [2.24, 2.45) is 0 Å². The molecule has 0 heterocycles. The highest BCUT2D eigenvalue weighted by molar-refractivity contribution is 9.09. The van der Waals surface area contributed by atoms with E-state index in [1.807, 2.05) is 0 Å². The summed E-state index contributed by atoms with van der Waals surface area (Å²) in [7, 11) is 0. The molecular weight excluding hydrogens is 260 g/mol. The lowest BCUT2D eigenvalue weighted by atomic mass is 10.1. The van der Waals surface area contributed by atoms with Crippen LogP contribution in [-0.2, 0) is 4.74 Å². The van der Waals surface area contributed by atoms with Gasteiger partial charge >= 0.3 is 0 Å². The van der Waals surface area contributed by atoms with Crippen LogP contribution in [0, 0.1) is 0 Å². The van der Waals surface area contributed by atoms with Gasteiger partial charge in [0.15, 0.2) is 5.79 Å². The summed E-state index contributed by atoms with van der Waals surface area (Å²) in [6.45, 7) is 3.72. The van der Waals surface area contributed by atoms with Crippen molar-refractivity contribution in [2.45, 2.75) is 57.8 Å². The van der Waals surface area contributed by atoms with Crippen LogP contribution in [0.5, 0.6) is 0 Å². The number of hydrogen-bond acceptors (Lipinski definition) is 3. The second-order valence-electron chi connectivity index (χ2n) is 4.28. The maximum atomic E-state index is 9.57. The Hall–Kier alpha value is 0.360. The molecule has 0 spiro atoms. The van der Waals surface area contributed by atoms with Crippen molar-refractivity contribution in [1.29, 1.82) is 0 Å². The summed E-state index contributed by atoms with van der Waals surface area (Å²) < 4.78 is 5.14. The van der Waals surface area contributed by atoms with Crippen molar-refractivity contribution >= 4 is 15.9 Å². The minimum Gasteiger partial charge on any atom is -0.393 e. The number of ether oxygens (including phenoxy) is 1. The molecule has 0 aromatic rings. The van der Waals surface area contributed by atoms with E-state index >= 15 is 0 Å². The van der Waals surface area contributed by atoms with Crippen molar-refractivity contribution in [1.82, 2.24) is 0 Å². The molecule has 0 rings (SSSR count). The Morgan fingerprint density at radius 2 is 1.80 bits per heavy atom. The maximum Gasteiger partial charge on any atom is 0.159 e. The summed E-state index contributed by atoms with van der Waals surface area (Å²) in [4.78, 5) is 0. The molecule has 0 radical (unpaired) electrons. The Kier molecular flexibility index (Phi) is 8.71. The third-order valence-corrected chi connectivity index (χ3v) is 2.62. The predicted octanol–water partition coefficient (Wildman–Crippen LogP) is 2.44. The minimum absolute atomic E-state index is 0.227. The van der Waals surface area contributed by atoms with Crippen molar-refractivity contribution in [2.75, 3.05) is 11.9 Å². The summed E-state index contributed by atoms with van der Waals surface area (Å²) in [5.74, 6) is -1.05. The van der Waals surface area contributed by atoms with E-state index in [4.69, 9.17) is 4.74 Å². The lowest BCUT2D eigenvalue weighted by Crippen LogP contribution is -2.24. The molecule has 0 fully saturated rings. The number of alkyl halides is 1. The van der Waals surface area contributed by atoms with E-state index < -0.39 is 5.79 Å². The van der Waals surface area contributed by atoms with E-state index in [-0.39, 0.29) is 6.10 Å². The van der Waals surface area contributed by atoms with Crippen LogP contribution in [0.4, 0.5) is 0 Å². The monoisotopic (exact) mass is 282 g/mol. The summed E-state index contributed by atoms with van der Waals surface area (Å²) >= 11 is 3.36. The van der Waals surface area contributed by atoms with Gasteiger partial charge in [-0.1, -0.05) is 22.4 Å². The van der Waals surface area contributed by atoms with Crippen LogP contribution in [0.1, 0.15) is 46.0 Å². The van der Waals surface area contributed by atoms with Crippen LogP contribution in [0.15, 0.2) is 0 Å². The number of unbranched alkanes of at least 4 members (excludes halogenated alkanes) is 1. The lowest BCUT2D eigenvalue weighted by Gasteiger charge is -2.18. The lowest BCUT2D eigenvalue weighted by molar-refractivity contribution is -0.177. The minimum atomic E-state index is -1.05. The highest BCUT2D eigenvalue weighted by Gasteiger charge is 2.12. The van der Waals surface area contributed by atoms with Crippen LogP contribution in [0.25, 0.3) is 0 Å². The number of aliphatic hydroxyl groups is 2. The fourth-order valence-electron chi connectivity index (χ4n) is 1.26. The molecule has 92 valence electrons. The smallest absolute Gasteiger partial charge is 0.159 e. The summed E-state index contributed by atoms with van der Waals surface area (Å²) in [6, 6.07) is 0. The van der Waals surface area contributed by atoms with Gasteiger partial charge in [-0.05, 0) is 39.5 Å². The Morgan fingerprint density at radius 3 is 2.33 bits per heavy atom. The first-order valence-electron chi connectivity index (χ1n) is 5.56. The van der Waals surface area contributed by atoms with E-state index in [9.17, 15) is 10.2 Å². The van der Waals surface area contributed by atoms with Crippen molar-refractivity contribution in [3.05, 3.63) is 0 Å². The van der Waals surface area contributed by atoms with Gasteiger partial charge in [0.25, 0.3) is 0 Å². The van der Waals surface area contributed by atoms with E-state index in [2.05, 4.69) is 15.9 Å². The molecule has 0 saturated carbocycles. The molecule has 1 unspecified atom stereocenters. The van der Waals surface area contributed by atoms with Gasteiger partial charge in [-0.2, -0.15) is 0 Å². The molecule has 0 aromatic heterocycles. The zero-order valence-corrected chi connectivity index (χ0v) is 11.3. The number of aliphatic hydroxyl groups excluding tert-OH is 1. The molecule has 2 N–H and O–H groups in total. The van der Waals surface area contributed by atoms with Gasteiger partial charge in [-0.3, -0.25) is 0 Å². The molecule has 0 amide bonds. The first-order chi connectivity index (χ1) is 6.95. The van der Waals surface area contributed by atoms with Gasteiger partial charge in [-0.15, -0.1) is 0 Å². The fraction of sp³-hybridized carbons (Fsp3) is 1.00. The molecule has 0 aliphatic carbocycles. The van der Waals surface area contributed by atoms with Gasteiger partial charge in [0.2, 0.25) is 0 Å². The number of hydrogen-bond donors (Lipinski definition) is 2. The molecule has 0 aromatic carbocycles. The summed E-state index contributed by atoms with van der Waals surface area (Å²) in [5, 5.41) is 19.8. The van der Waals surface area contributed by atoms with E-state index in [0.717, 1.165) is 37.4 Å². The van der Waals surface area contributed by atoms with Gasteiger partial charge in [-0.25, -0.2) is 0 Å². The summed E-state index contributed by atoms with van der Waals surface area (Å²) in [6.07, 6.45) is 4.33. The van der Waals surface area contributed by atoms with Gasteiger partial charge in [0.05, 0.1) is 12.7 Å². The zero-order valence-electron chi connectivity index (χ0n) is 9.71. The van der Waals surface area contributed by atoms with Gasteiger partial charge in [0.1, 0.15) is 0 Å². The molecular formula is C11H23BrO3. The molecule has 1 atom stereocenters. The van der Waals surface area contributed by atoms with Crippen molar-refractivity contribution in [3.8, 4) is 0 Å². The number of halogens is 1. The second kappa shape index (κ2) is 8.50. The van der Waals surface area contributed by atoms with Crippen LogP contribution in [-0.4, -0.2) is 34.0 Å². The Morgan fingerprint density at radius 1 is 1.20 bits per heavy atom. The van der Waals surface area contributed by atoms with Crippen LogP contribution in [0.3, 0.4) is 0 Å². The SMILES string of the molecule is CC(C)(O)OCCCC(O)CCCCBr. The first-order valence-corrected chi connectivity index (χ1v) is 6.68. The Labute approximate surface area is 101 Å². The quantitative estimate of drug-likeness (QED) is 0.388. The average Bonchev–Trinajstić information content (AvgIpc) is 2.11. The molecule has 0 bridgehead atoms. The summed E-state index contributed by atoms with van der Waals surface area (Å²) in [5.41, 5.74) is 0. The topological polar surface area (TPSA) is 49.7 Å². The van der Waals surface area contributed by atoms with Crippen molar-refractivity contribution in [3.63, 3.8) is 0 Å². The third-order valence-electron chi connectivity index (χ3n) is 2.06. The molecule has 0 saturated heterocycles. The van der Waals surface area contributed by atoms with Crippen molar-refractivity contribution < 1.29 is 14.9 Å². The standard InChI is InChI=1S/C11H23BrO3/c1-11(2,14)15-9-5-7-10(13)6-3-4-8-12/h10,13-14H,3-9H2,1-2H3. The normalized spacial score (nSPS) is 14.2. The first kappa shape index (κ1) is 15.4. The number of rotatable bonds is 9. The van der Waals surface area contributed by atoms with Crippen LogP contribution in [0.2, 0.25) is 0 Å². The zero-order chi connectivity index (χ0) is 11.7. The molecule has 3 nitrogen and oxygen atoms in total. The highest BCUT2D eigenvalue weighted by Crippen LogP contribution is 2.10. The molecule has 15 heavy (non-hydrogen) atoms. The van der Waals surface area contributed by atoms with Gasteiger partial charge < -0.3 is 14.9 Å². The Bertz CT molecular complexity index is 145. The highest BCUT2D eigenvalue weighted by atomic mass is 79.9. The third kappa shape index (κ3) is 12.3. The molecule has 4 heteroatoms. The van der Waals surface area contributed by atoms with E-state index in [0.29, 0.717) is 6.61 Å². The molecule has 0 aliphatic rings. The molecule has 0 aliphatic heterocycles. The van der Waals surface area contributed by atoms with Crippen LogP contribution < -0.4 is 0 Å². The average molecular weight is 283 g/mol. The Balaban J connectivity index is 3.27. The van der Waals surface area contributed by atoms with E-state index in [1.54, 1.807) is 13.8 Å². The van der Waals surface area contributed by atoms with Gasteiger partial charge in [0, 0.05) is 5.33 Å². The maximum absolute atomic E-state index is 9.57.